The topological polar surface area (TPSA) is 41.0 Å². The van der Waals surface area contributed by atoms with Gasteiger partial charge in [-0.1, -0.05) is 30.8 Å². The van der Waals surface area contributed by atoms with E-state index in [-0.39, 0.29) is 12.1 Å². The van der Waals surface area contributed by atoms with Crippen LogP contribution >= 0.6 is 11.8 Å². The normalized spacial score (nSPS) is 26.5. The number of rotatable bonds is 4. The van der Waals surface area contributed by atoms with E-state index in [2.05, 4.69) is 46.0 Å². The zero-order valence-corrected chi connectivity index (χ0v) is 17.2. The van der Waals surface area contributed by atoms with Crippen LogP contribution in [0.1, 0.15) is 43.1 Å². The van der Waals surface area contributed by atoms with Gasteiger partial charge in [0.25, 0.3) is 0 Å². The van der Waals surface area contributed by atoms with Gasteiger partial charge in [-0.05, 0) is 31.0 Å². The monoisotopic (exact) mass is 394 g/mol. The van der Waals surface area contributed by atoms with Gasteiger partial charge in [0, 0.05) is 48.4 Å². The first-order valence-corrected chi connectivity index (χ1v) is 11.0. The number of methoxy groups -OCH3 is 1. The van der Waals surface area contributed by atoms with Gasteiger partial charge in [0.2, 0.25) is 0 Å². The van der Waals surface area contributed by atoms with Crippen molar-refractivity contribution in [2.75, 3.05) is 31.6 Å². The van der Waals surface area contributed by atoms with E-state index in [4.69, 9.17) is 9.73 Å². The highest BCUT2D eigenvalue weighted by Crippen LogP contribution is 2.50. The minimum atomic E-state index is 0.00253. The molecule has 2 saturated heterocycles. The van der Waals surface area contributed by atoms with Crippen LogP contribution in [0.15, 0.2) is 47.6 Å². The maximum absolute atomic E-state index is 5.89. The van der Waals surface area contributed by atoms with Gasteiger partial charge in [0.1, 0.15) is 11.8 Å². The molecule has 5 rings (SSSR count). The highest BCUT2D eigenvalue weighted by atomic mass is 32.2. The molecule has 0 unspecified atom stereocenters. The number of ether oxygens (including phenoxy) is 1. The number of benzene rings is 1. The van der Waals surface area contributed by atoms with Gasteiger partial charge in [-0.25, -0.2) is 0 Å². The molecule has 0 aliphatic carbocycles. The Hall–Kier alpha value is -2.21. The maximum Gasteiger partial charge on any atom is 0.160 e. The third-order valence-corrected chi connectivity index (χ3v) is 6.99. The first kappa shape index (κ1) is 17.9. The Balaban J connectivity index is 1.55. The minimum absolute atomic E-state index is 0.00253. The first-order chi connectivity index (χ1) is 13.7. The molecule has 0 saturated carbocycles. The van der Waals surface area contributed by atoms with Crippen LogP contribution in [0.4, 0.5) is 5.69 Å². The standard InChI is InChI=1S/C22H26N4OS/c1-15-14-26-21(20(24-22(26)28-15)18-7-3-4-10-23-18)17-9-8-16(13-19(17)27-2)25-11-5-6-12-25/h3-4,7-10,13,15,20-21H,5-6,11-12,14H2,1-2H3/t15-,20-,21-/m1/s1. The molecule has 3 aliphatic heterocycles. The van der Waals surface area contributed by atoms with Gasteiger partial charge in [0.05, 0.1) is 18.8 Å². The molecule has 1 aromatic heterocycles. The molecule has 4 heterocycles. The molecule has 28 heavy (non-hydrogen) atoms. The molecule has 0 spiro atoms. The number of hydrogen-bond acceptors (Lipinski definition) is 6. The van der Waals surface area contributed by atoms with Crippen molar-refractivity contribution < 1.29 is 4.74 Å². The van der Waals surface area contributed by atoms with Gasteiger partial charge < -0.3 is 14.5 Å². The van der Waals surface area contributed by atoms with Crippen molar-refractivity contribution in [1.29, 1.82) is 0 Å². The number of anilines is 1. The number of amidine groups is 1. The summed E-state index contributed by atoms with van der Waals surface area (Å²) in [7, 11) is 1.78. The Morgan fingerprint density at radius 1 is 1.14 bits per heavy atom. The van der Waals surface area contributed by atoms with Crippen LogP contribution in [0.3, 0.4) is 0 Å². The second kappa shape index (κ2) is 7.32. The van der Waals surface area contributed by atoms with Crippen LogP contribution in [0.2, 0.25) is 0 Å². The molecule has 1 aromatic carbocycles. The van der Waals surface area contributed by atoms with E-state index in [9.17, 15) is 0 Å². The van der Waals surface area contributed by atoms with Crippen LogP contribution in [-0.2, 0) is 0 Å². The molecule has 0 radical (unpaired) electrons. The number of hydrogen-bond donors (Lipinski definition) is 0. The van der Waals surface area contributed by atoms with Crippen molar-refractivity contribution in [3.05, 3.63) is 53.9 Å². The molecule has 3 atom stereocenters. The van der Waals surface area contributed by atoms with Crippen molar-refractivity contribution in [2.24, 2.45) is 4.99 Å². The van der Waals surface area contributed by atoms with E-state index >= 15 is 0 Å². The summed E-state index contributed by atoms with van der Waals surface area (Å²) in [5.41, 5.74) is 3.48. The number of nitrogens with zero attached hydrogens (tertiary/aromatic N) is 4. The molecular weight excluding hydrogens is 368 g/mol. The molecule has 2 aromatic rings. The highest BCUT2D eigenvalue weighted by molar-refractivity contribution is 8.14. The average molecular weight is 395 g/mol. The quantitative estimate of drug-likeness (QED) is 0.774. The first-order valence-electron chi connectivity index (χ1n) is 10.1. The fraction of sp³-hybridized carbons (Fsp3) is 0.455. The summed E-state index contributed by atoms with van der Waals surface area (Å²) in [6.07, 6.45) is 4.41. The van der Waals surface area contributed by atoms with Crippen molar-refractivity contribution in [3.8, 4) is 5.75 Å². The SMILES string of the molecule is COc1cc(N2CCCC2)ccc1[C@@H]1[C@@H](c2ccccn2)N=C2S[C@H](C)CN21. The van der Waals surface area contributed by atoms with Gasteiger partial charge in [-0.3, -0.25) is 9.98 Å². The number of aromatic nitrogens is 1. The molecule has 6 heteroatoms. The lowest BCUT2D eigenvalue weighted by Crippen LogP contribution is -2.29. The zero-order chi connectivity index (χ0) is 19.1. The van der Waals surface area contributed by atoms with Crippen molar-refractivity contribution in [3.63, 3.8) is 0 Å². The Kier molecular flexibility index (Phi) is 4.67. The van der Waals surface area contributed by atoms with Gasteiger partial charge >= 0.3 is 0 Å². The lowest BCUT2D eigenvalue weighted by Gasteiger charge is -2.29. The lowest BCUT2D eigenvalue weighted by molar-refractivity contribution is 0.307. The van der Waals surface area contributed by atoms with Crippen LogP contribution in [0.5, 0.6) is 5.75 Å². The fourth-order valence-electron chi connectivity index (χ4n) is 4.57. The van der Waals surface area contributed by atoms with E-state index in [0.29, 0.717) is 5.25 Å². The van der Waals surface area contributed by atoms with Crippen molar-refractivity contribution in [2.45, 2.75) is 37.1 Å². The summed E-state index contributed by atoms with van der Waals surface area (Å²) in [6, 6.07) is 12.9. The van der Waals surface area contributed by atoms with E-state index in [1.807, 2.05) is 30.1 Å². The summed E-state index contributed by atoms with van der Waals surface area (Å²) in [6.45, 7) is 5.55. The average Bonchev–Trinajstić information content (AvgIpc) is 3.44. The Labute approximate surface area is 170 Å². The minimum Gasteiger partial charge on any atom is -0.496 e. The second-order valence-corrected chi connectivity index (χ2v) is 9.16. The van der Waals surface area contributed by atoms with Crippen LogP contribution in [0.25, 0.3) is 0 Å². The van der Waals surface area contributed by atoms with Crippen molar-refractivity contribution >= 4 is 22.6 Å². The predicted octanol–water partition coefficient (Wildman–Crippen LogP) is 4.28. The van der Waals surface area contributed by atoms with Crippen LogP contribution in [0, 0.1) is 0 Å². The fourth-order valence-corrected chi connectivity index (χ4v) is 5.66. The second-order valence-electron chi connectivity index (χ2n) is 7.76. The highest BCUT2D eigenvalue weighted by Gasteiger charge is 2.44. The van der Waals surface area contributed by atoms with Crippen LogP contribution in [-0.4, -0.2) is 47.0 Å². The molecule has 0 amide bonds. The predicted molar refractivity (Wildman–Crippen MR) is 115 cm³/mol. The third kappa shape index (κ3) is 3.04. The number of aliphatic imine (C=N–C) groups is 1. The largest absolute Gasteiger partial charge is 0.496 e. The van der Waals surface area contributed by atoms with E-state index < -0.39 is 0 Å². The summed E-state index contributed by atoms with van der Waals surface area (Å²) >= 11 is 1.87. The lowest BCUT2D eigenvalue weighted by atomic mass is 9.95. The molecule has 0 bridgehead atoms. The number of fused-ring (bicyclic) bond motifs is 1. The van der Waals surface area contributed by atoms with Gasteiger partial charge in [-0.2, -0.15) is 0 Å². The summed E-state index contributed by atoms with van der Waals surface area (Å²) < 4.78 is 5.89. The Bertz CT molecular complexity index is 881. The summed E-state index contributed by atoms with van der Waals surface area (Å²) in [5.74, 6) is 0.955. The molecule has 3 aliphatic rings. The Morgan fingerprint density at radius 2 is 2.00 bits per heavy atom. The van der Waals surface area contributed by atoms with E-state index in [1.54, 1.807) is 7.11 Å². The van der Waals surface area contributed by atoms with E-state index in [1.165, 1.54) is 24.1 Å². The Morgan fingerprint density at radius 3 is 2.75 bits per heavy atom. The molecule has 2 fully saturated rings. The number of pyridine rings is 1. The van der Waals surface area contributed by atoms with Gasteiger partial charge in [-0.15, -0.1) is 0 Å². The molecule has 5 nitrogen and oxygen atoms in total. The molecular formula is C22H26N4OS. The summed E-state index contributed by atoms with van der Waals surface area (Å²) in [4.78, 5) is 14.6. The summed E-state index contributed by atoms with van der Waals surface area (Å²) in [5, 5.41) is 1.69. The van der Waals surface area contributed by atoms with Crippen molar-refractivity contribution in [1.82, 2.24) is 9.88 Å². The smallest absolute Gasteiger partial charge is 0.160 e. The zero-order valence-electron chi connectivity index (χ0n) is 16.4. The van der Waals surface area contributed by atoms with Crippen LogP contribution < -0.4 is 9.64 Å². The molecule has 0 N–H and O–H groups in total. The van der Waals surface area contributed by atoms with E-state index in [0.717, 1.165) is 36.2 Å². The van der Waals surface area contributed by atoms with Gasteiger partial charge in [0.15, 0.2) is 5.17 Å². The number of thioether (sulfide) groups is 1. The third-order valence-electron chi connectivity index (χ3n) is 5.89. The molecule has 146 valence electrons. The maximum atomic E-state index is 5.89.